The van der Waals surface area contributed by atoms with E-state index in [1.807, 2.05) is 36.9 Å². The molecule has 1 fully saturated rings. The fourth-order valence-corrected chi connectivity index (χ4v) is 2.75. The molecule has 0 aromatic heterocycles. The fraction of sp³-hybridized carbons (Fsp3) is 0.529. The summed E-state index contributed by atoms with van der Waals surface area (Å²) in [4.78, 5) is 27.8. The van der Waals surface area contributed by atoms with Crippen molar-refractivity contribution in [3.05, 3.63) is 23.8 Å². The summed E-state index contributed by atoms with van der Waals surface area (Å²) in [6.07, 6.45) is 0. The monoisotopic (exact) mass is 319 g/mol. The second-order valence-electron chi connectivity index (χ2n) is 5.91. The second-order valence-corrected chi connectivity index (χ2v) is 5.91. The van der Waals surface area contributed by atoms with Crippen molar-refractivity contribution in [2.75, 3.05) is 38.6 Å². The minimum Gasteiger partial charge on any atom is -0.495 e. The van der Waals surface area contributed by atoms with E-state index in [-0.39, 0.29) is 17.9 Å². The van der Waals surface area contributed by atoms with Crippen molar-refractivity contribution in [2.24, 2.45) is 0 Å². The molecule has 23 heavy (non-hydrogen) atoms. The van der Waals surface area contributed by atoms with E-state index in [9.17, 15) is 9.59 Å². The van der Waals surface area contributed by atoms with E-state index in [1.54, 1.807) is 14.0 Å². The first-order valence-corrected chi connectivity index (χ1v) is 7.87. The van der Waals surface area contributed by atoms with E-state index in [0.717, 1.165) is 5.56 Å². The highest BCUT2D eigenvalue weighted by Crippen LogP contribution is 2.25. The van der Waals surface area contributed by atoms with Crippen LogP contribution in [0.1, 0.15) is 19.4 Å². The molecule has 0 aliphatic carbocycles. The first kappa shape index (κ1) is 17.3. The smallest absolute Gasteiger partial charge is 0.241 e. The molecular formula is C17H25N3O3. The summed E-state index contributed by atoms with van der Waals surface area (Å²) in [5.74, 6) is 0.675. The van der Waals surface area contributed by atoms with Crippen molar-refractivity contribution in [1.82, 2.24) is 9.80 Å². The molecule has 6 nitrogen and oxygen atoms in total. The van der Waals surface area contributed by atoms with Crippen LogP contribution < -0.4 is 10.1 Å². The van der Waals surface area contributed by atoms with Gasteiger partial charge in [0.1, 0.15) is 5.75 Å². The molecule has 1 heterocycles. The molecule has 1 N–H and O–H groups in total. The Morgan fingerprint density at radius 3 is 2.43 bits per heavy atom. The molecule has 2 amide bonds. The van der Waals surface area contributed by atoms with Crippen molar-refractivity contribution in [1.29, 1.82) is 0 Å². The van der Waals surface area contributed by atoms with Crippen LogP contribution >= 0.6 is 0 Å². The van der Waals surface area contributed by atoms with Gasteiger partial charge in [-0.2, -0.15) is 0 Å². The van der Waals surface area contributed by atoms with Crippen LogP contribution in [-0.4, -0.2) is 60.9 Å². The van der Waals surface area contributed by atoms with Gasteiger partial charge in [0.05, 0.1) is 18.8 Å². The molecule has 0 spiro atoms. The largest absolute Gasteiger partial charge is 0.495 e. The number of amides is 2. The molecule has 0 bridgehead atoms. The van der Waals surface area contributed by atoms with Crippen LogP contribution in [0.3, 0.4) is 0 Å². The Morgan fingerprint density at radius 1 is 1.22 bits per heavy atom. The third-order valence-corrected chi connectivity index (χ3v) is 4.30. The number of piperazine rings is 1. The summed E-state index contributed by atoms with van der Waals surface area (Å²) in [6, 6.07) is 5.44. The number of carbonyl (C=O) groups is 2. The van der Waals surface area contributed by atoms with Crippen LogP contribution in [0, 0.1) is 6.92 Å². The van der Waals surface area contributed by atoms with E-state index >= 15 is 0 Å². The van der Waals surface area contributed by atoms with Crippen LogP contribution in [0.5, 0.6) is 5.75 Å². The molecule has 2 rings (SSSR count). The maximum atomic E-state index is 12.5. The summed E-state index contributed by atoms with van der Waals surface area (Å²) in [5.41, 5.74) is 1.75. The van der Waals surface area contributed by atoms with Crippen molar-refractivity contribution in [3.63, 3.8) is 0 Å². The number of nitrogens with zero attached hydrogens (tertiary/aromatic N) is 2. The Kier molecular flexibility index (Phi) is 5.60. The van der Waals surface area contributed by atoms with Gasteiger partial charge in [-0.05, 0) is 31.5 Å². The molecule has 1 aromatic carbocycles. The van der Waals surface area contributed by atoms with Crippen molar-refractivity contribution in [3.8, 4) is 5.75 Å². The number of methoxy groups -OCH3 is 1. The Labute approximate surface area is 137 Å². The lowest BCUT2D eigenvalue weighted by Gasteiger charge is -2.37. The van der Waals surface area contributed by atoms with Gasteiger partial charge in [0.15, 0.2) is 0 Å². The minimum atomic E-state index is -0.255. The standard InChI is InChI=1S/C17H25N3O3/c1-12-5-6-16(23-4)15(11-12)18-17(22)13(2)19-7-9-20(10-8-19)14(3)21/h5-6,11,13H,7-10H2,1-4H3,(H,18,22)/t13-/m1/s1. The Hall–Kier alpha value is -2.08. The van der Waals surface area contributed by atoms with E-state index in [2.05, 4.69) is 10.2 Å². The first-order chi connectivity index (χ1) is 10.9. The zero-order valence-corrected chi connectivity index (χ0v) is 14.3. The number of benzene rings is 1. The summed E-state index contributed by atoms with van der Waals surface area (Å²) in [5, 5.41) is 2.95. The molecule has 0 radical (unpaired) electrons. The number of anilines is 1. The molecule has 6 heteroatoms. The third-order valence-electron chi connectivity index (χ3n) is 4.30. The van der Waals surface area contributed by atoms with Gasteiger partial charge in [-0.1, -0.05) is 6.07 Å². The lowest BCUT2D eigenvalue weighted by molar-refractivity contribution is -0.131. The average Bonchev–Trinajstić information content (AvgIpc) is 2.54. The predicted octanol–water partition coefficient (Wildman–Crippen LogP) is 1.49. The van der Waals surface area contributed by atoms with E-state index in [0.29, 0.717) is 37.6 Å². The molecule has 1 aromatic rings. The topological polar surface area (TPSA) is 61.9 Å². The van der Waals surface area contributed by atoms with Crippen LogP contribution in [0.4, 0.5) is 5.69 Å². The van der Waals surface area contributed by atoms with Gasteiger partial charge in [0, 0.05) is 33.1 Å². The zero-order valence-electron chi connectivity index (χ0n) is 14.3. The Morgan fingerprint density at radius 2 is 1.87 bits per heavy atom. The molecule has 1 saturated heterocycles. The van der Waals surface area contributed by atoms with Gasteiger partial charge < -0.3 is 15.0 Å². The van der Waals surface area contributed by atoms with Crippen molar-refractivity contribution >= 4 is 17.5 Å². The number of aryl methyl sites for hydroxylation is 1. The fourth-order valence-electron chi connectivity index (χ4n) is 2.75. The molecule has 0 saturated carbocycles. The molecular weight excluding hydrogens is 294 g/mol. The third kappa shape index (κ3) is 4.22. The minimum absolute atomic E-state index is 0.0647. The molecule has 1 aliphatic heterocycles. The van der Waals surface area contributed by atoms with Gasteiger partial charge in [-0.3, -0.25) is 14.5 Å². The van der Waals surface area contributed by atoms with E-state index in [1.165, 1.54) is 0 Å². The predicted molar refractivity (Wildman–Crippen MR) is 89.6 cm³/mol. The van der Waals surface area contributed by atoms with Crippen LogP contribution in [0.2, 0.25) is 0 Å². The molecule has 126 valence electrons. The number of nitrogens with one attached hydrogen (secondary N) is 1. The Balaban J connectivity index is 1.98. The second kappa shape index (κ2) is 7.46. The van der Waals surface area contributed by atoms with Crippen LogP contribution in [0.25, 0.3) is 0 Å². The van der Waals surface area contributed by atoms with Crippen molar-refractivity contribution < 1.29 is 14.3 Å². The lowest BCUT2D eigenvalue weighted by Crippen LogP contribution is -2.53. The van der Waals surface area contributed by atoms with Crippen LogP contribution in [0.15, 0.2) is 18.2 Å². The van der Waals surface area contributed by atoms with E-state index < -0.39 is 0 Å². The maximum absolute atomic E-state index is 12.5. The van der Waals surface area contributed by atoms with Gasteiger partial charge >= 0.3 is 0 Å². The summed E-state index contributed by atoms with van der Waals surface area (Å²) in [6.45, 7) is 8.19. The number of rotatable bonds is 4. The number of ether oxygens (including phenoxy) is 1. The Bertz CT molecular complexity index is 580. The van der Waals surface area contributed by atoms with Gasteiger partial charge in [-0.15, -0.1) is 0 Å². The molecule has 0 unspecified atom stereocenters. The first-order valence-electron chi connectivity index (χ1n) is 7.87. The molecule has 1 atom stereocenters. The zero-order chi connectivity index (χ0) is 17.0. The summed E-state index contributed by atoms with van der Waals surface area (Å²) in [7, 11) is 1.59. The SMILES string of the molecule is COc1ccc(C)cc1NC(=O)[C@@H](C)N1CCN(C(C)=O)CC1. The normalized spacial score (nSPS) is 16.8. The lowest BCUT2D eigenvalue weighted by atomic mass is 10.1. The highest BCUT2D eigenvalue weighted by atomic mass is 16.5. The van der Waals surface area contributed by atoms with Crippen molar-refractivity contribution in [2.45, 2.75) is 26.8 Å². The summed E-state index contributed by atoms with van der Waals surface area (Å²) >= 11 is 0. The average molecular weight is 319 g/mol. The highest BCUT2D eigenvalue weighted by Gasteiger charge is 2.26. The maximum Gasteiger partial charge on any atom is 0.241 e. The van der Waals surface area contributed by atoms with E-state index in [4.69, 9.17) is 4.74 Å². The van der Waals surface area contributed by atoms with Crippen LogP contribution in [-0.2, 0) is 9.59 Å². The number of hydrogen-bond donors (Lipinski definition) is 1. The summed E-state index contributed by atoms with van der Waals surface area (Å²) < 4.78 is 5.29. The number of carbonyl (C=O) groups excluding carboxylic acids is 2. The molecule has 1 aliphatic rings. The van der Waals surface area contributed by atoms with Gasteiger partial charge in [0.2, 0.25) is 11.8 Å². The number of hydrogen-bond acceptors (Lipinski definition) is 4. The highest BCUT2D eigenvalue weighted by molar-refractivity contribution is 5.96. The van der Waals surface area contributed by atoms with Gasteiger partial charge in [0.25, 0.3) is 0 Å². The van der Waals surface area contributed by atoms with Gasteiger partial charge in [-0.25, -0.2) is 0 Å². The quantitative estimate of drug-likeness (QED) is 0.913.